The Morgan fingerprint density at radius 1 is 1.05 bits per heavy atom. The first-order valence-corrected chi connectivity index (χ1v) is 13.3. The number of esters is 1. The van der Waals surface area contributed by atoms with E-state index in [1.54, 1.807) is 19.1 Å². The molecule has 0 unspecified atom stereocenters. The van der Waals surface area contributed by atoms with E-state index in [1.165, 1.54) is 36.4 Å². The van der Waals surface area contributed by atoms with E-state index >= 15 is 0 Å². The van der Waals surface area contributed by atoms with Gasteiger partial charge in [-0.05, 0) is 56.3 Å². The number of aryl methyl sites for hydroxylation is 1. The van der Waals surface area contributed by atoms with Crippen LogP contribution in [0.3, 0.4) is 0 Å². The molecular formula is C25H21F2N3O5S2. The van der Waals surface area contributed by atoms with Crippen LogP contribution in [-0.4, -0.2) is 31.5 Å². The van der Waals surface area contributed by atoms with E-state index < -0.39 is 40.1 Å². The number of sulfonamides is 1. The van der Waals surface area contributed by atoms with Crippen molar-refractivity contribution in [3.05, 3.63) is 88.2 Å². The summed E-state index contributed by atoms with van der Waals surface area (Å²) in [6.07, 6.45) is 0. The molecule has 0 aliphatic heterocycles. The monoisotopic (exact) mass is 545 g/mol. The third-order valence-corrected chi connectivity index (χ3v) is 7.62. The summed E-state index contributed by atoms with van der Waals surface area (Å²) in [5, 5.41) is 0. The van der Waals surface area contributed by atoms with Gasteiger partial charge in [-0.15, -0.1) is 0 Å². The van der Waals surface area contributed by atoms with Crippen LogP contribution < -0.4 is 9.52 Å². The molecule has 3 aromatic carbocycles. The molecule has 12 heteroatoms. The maximum Gasteiger partial charge on any atom is 0.326 e. The summed E-state index contributed by atoms with van der Waals surface area (Å²) in [5.74, 6) is -3.12. The Kier molecular flexibility index (Phi) is 7.50. The summed E-state index contributed by atoms with van der Waals surface area (Å²) >= 11 is 0.841. The van der Waals surface area contributed by atoms with Gasteiger partial charge in [-0.25, -0.2) is 17.2 Å². The minimum absolute atomic E-state index is 0.0262. The van der Waals surface area contributed by atoms with Gasteiger partial charge in [-0.1, -0.05) is 29.0 Å². The lowest BCUT2D eigenvalue weighted by molar-refractivity contribution is -0.143. The lowest BCUT2D eigenvalue weighted by Crippen LogP contribution is -2.23. The molecule has 4 aromatic rings. The first kappa shape index (κ1) is 26.2. The molecular weight excluding hydrogens is 524 g/mol. The molecule has 8 nitrogen and oxygen atoms in total. The maximum atomic E-state index is 14.6. The molecule has 0 bridgehead atoms. The van der Waals surface area contributed by atoms with E-state index in [2.05, 4.69) is 9.71 Å². The number of ether oxygens (including phenoxy) is 1. The standard InChI is InChI=1S/C25H21F2N3O5S2/c1-3-35-22(31)14-30-23-20(27)12-17(26)13-21(23)36-25(30)28-24(32)16-6-8-18(9-7-16)29-37(33,34)19-10-4-15(2)5-11-19/h4-13,29H,3,14H2,1-2H3. The maximum absolute atomic E-state index is 14.6. The number of nitrogens with zero attached hydrogens (tertiary/aromatic N) is 2. The van der Waals surface area contributed by atoms with Gasteiger partial charge in [-0.3, -0.25) is 14.3 Å². The van der Waals surface area contributed by atoms with Crippen molar-refractivity contribution in [2.24, 2.45) is 4.99 Å². The first-order chi connectivity index (χ1) is 17.6. The highest BCUT2D eigenvalue weighted by Gasteiger charge is 2.18. The molecule has 4 rings (SSSR count). The molecule has 0 fully saturated rings. The Labute approximate surface area is 214 Å². The molecule has 0 radical (unpaired) electrons. The third-order valence-electron chi connectivity index (χ3n) is 5.20. The zero-order valence-corrected chi connectivity index (χ0v) is 21.3. The molecule has 0 atom stereocenters. The molecule has 37 heavy (non-hydrogen) atoms. The van der Waals surface area contributed by atoms with E-state index in [9.17, 15) is 26.8 Å². The Hall–Kier alpha value is -3.90. The Morgan fingerprint density at radius 2 is 1.73 bits per heavy atom. The number of halogens is 2. The molecule has 192 valence electrons. The average Bonchev–Trinajstić information content (AvgIpc) is 3.16. The average molecular weight is 546 g/mol. The lowest BCUT2D eigenvalue weighted by atomic mass is 10.2. The number of anilines is 1. The molecule has 0 spiro atoms. The van der Waals surface area contributed by atoms with E-state index in [0.29, 0.717) is 6.07 Å². The molecule has 0 saturated carbocycles. The first-order valence-electron chi connectivity index (χ1n) is 11.0. The van der Waals surface area contributed by atoms with E-state index in [4.69, 9.17) is 4.74 Å². The van der Waals surface area contributed by atoms with Gasteiger partial charge >= 0.3 is 5.97 Å². The van der Waals surface area contributed by atoms with E-state index in [0.717, 1.165) is 27.5 Å². The van der Waals surface area contributed by atoms with Crippen molar-refractivity contribution < 1.29 is 31.5 Å². The molecule has 1 aromatic heterocycles. The number of aromatic nitrogens is 1. The molecule has 0 saturated heterocycles. The molecule has 0 aliphatic rings. The number of nitrogens with one attached hydrogen (secondary N) is 1. The Balaban J connectivity index is 1.64. The molecule has 1 amide bonds. The smallest absolute Gasteiger partial charge is 0.326 e. The number of rotatable bonds is 7. The van der Waals surface area contributed by atoms with Gasteiger partial charge in [0.1, 0.15) is 12.4 Å². The van der Waals surface area contributed by atoms with Gasteiger partial charge in [0.15, 0.2) is 10.6 Å². The highest BCUT2D eigenvalue weighted by molar-refractivity contribution is 7.92. The predicted octanol–water partition coefficient (Wildman–Crippen LogP) is 4.39. The second-order valence-electron chi connectivity index (χ2n) is 7.92. The SMILES string of the molecule is CCOC(=O)Cn1c(=NC(=O)c2ccc(NS(=O)(=O)c3ccc(C)cc3)cc2)sc2cc(F)cc(F)c21. The van der Waals surface area contributed by atoms with Crippen LogP contribution in [0.15, 0.2) is 70.6 Å². The summed E-state index contributed by atoms with van der Waals surface area (Å²) in [6, 6.07) is 13.7. The van der Waals surface area contributed by atoms with Gasteiger partial charge in [0.2, 0.25) is 0 Å². The lowest BCUT2D eigenvalue weighted by Gasteiger charge is -2.08. The summed E-state index contributed by atoms with van der Waals surface area (Å²) in [4.78, 5) is 29.0. The van der Waals surface area contributed by atoms with Gasteiger partial charge in [0, 0.05) is 17.3 Å². The third kappa shape index (κ3) is 5.92. The van der Waals surface area contributed by atoms with Crippen molar-refractivity contribution in [3.8, 4) is 0 Å². The zero-order chi connectivity index (χ0) is 26.7. The Morgan fingerprint density at radius 3 is 2.38 bits per heavy atom. The highest BCUT2D eigenvalue weighted by atomic mass is 32.2. The van der Waals surface area contributed by atoms with Crippen LogP contribution in [0.2, 0.25) is 0 Å². The predicted molar refractivity (Wildman–Crippen MR) is 135 cm³/mol. The van der Waals surface area contributed by atoms with Crippen molar-refractivity contribution >= 4 is 49.1 Å². The topological polar surface area (TPSA) is 107 Å². The van der Waals surface area contributed by atoms with Gasteiger partial charge in [0.25, 0.3) is 15.9 Å². The van der Waals surface area contributed by atoms with Crippen LogP contribution in [0.5, 0.6) is 0 Å². The summed E-state index contributed by atoms with van der Waals surface area (Å²) in [6.45, 7) is 3.13. The van der Waals surface area contributed by atoms with E-state index in [-0.39, 0.29) is 37.8 Å². The fourth-order valence-electron chi connectivity index (χ4n) is 3.46. The number of fused-ring (bicyclic) bond motifs is 1. The van der Waals surface area contributed by atoms with Crippen LogP contribution in [0.4, 0.5) is 14.5 Å². The number of hydrogen-bond donors (Lipinski definition) is 1. The number of hydrogen-bond acceptors (Lipinski definition) is 6. The number of thiazole rings is 1. The number of carbonyl (C=O) groups is 2. The van der Waals surface area contributed by atoms with Crippen molar-refractivity contribution in [3.63, 3.8) is 0 Å². The van der Waals surface area contributed by atoms with Crippen LogP contribution in [0.1, 0.15) is 22.8 Å². The number of amides is 1. The highest BCUT2D eigenvalue weighted by Crippen LogP contribution is 2.23. The van der Waals surface area contributed by atoms with Crippen molar-refractivity contribution in [2.45, 2.75) is 25.3 Å². The number of carbonyl (C=O) groups excluding carboxylic acids is 2. The van der Waals surface area contributed by atoms with Crippen molar-refractivity contribution in [2.75, 3.05) is 11.3 Å². The summed E-state index contributed by atoms with van der Waals surface area (Å²) in [5.41, 5.74) is 1.19. The molecule has 1 heterocycles. The molecule has 0 aliphatic carbocycles. The van der Waals surface area contributed by atoms with Crippen molar-refractivity contribution in [1.29, 1.82) is 0 Å². The minimum Gasteiger partial charge on any atom is -0.465 e. The quantitative estimate of drug-likeness (QED) is 0.347. The van der Waals surface area contributed by atoms with Crippen LogP contribution in [0, 0.1) is 18.6 Å². The largest absolute Gasteiger partial charge is 0.465 e. The van der Waals surface area contributed by atoms with Gasteiger partial charge in [-0.2, -0.15) is 4.99 Å². The fraction of sp³-hybridized carbons (Fsp3) is 0.160. The van der Waals surface area contributed by atoms with Gasteiger partial charge < -0.3 is 9.30 Å². The van der Waals surface area contributed by atoms with Crippen molar-refractivity contribution in [1.82, 2.24) is 4.57 Å². The fourth-order valence-corrected chi connectivity index (χ4v) is 5.59. The minimum atomic E-state index is -3.83. The van der Waals surface area contributed by atoms with Crippen LogP contribution >= 0.6 is 11.3 Å². The van der Waals surface area contributed by atoms with E-state index in [1.807, 2.05) is 6.92 Å². The second-order valence-corrected chi connectivity index (χ2v) is 10.6. The van der Waals surface area contributed by atoms with Crippen LogP contribution in [0.25, 0.3) is 10.2 Å². The summed E-state index contributed by atoms with van der Waals surface area (Å²) in [7, 11) is -3.83. The summed E-state index contributed by atoms with van der Waals surface area (Å²) < 4.78 is 62.2. The number of benzene rings is 3. The zero-order valence-electron chi connectivity index (χ0n) is 19.7. The normalized spacial score (nSPS) is 12.1. The van der Waals surface area contributed by atoms with Crippen LogP contribution in [-0.2, 0) is 26.1 Å². The Bertz CT molecular complexity index is 1660. The second kappa shape index (κ2) is 10.6. The molecule has 1 N–H and O–H groups in total. The van der Waals surface area contributed by atoms with Gasteiger partial charge in [0.05, 0.1) is 21.7 Å².